The third kappa shape index (κ3) is 2.30. The van der Waals surface area contributed by atoms with Crippen molar-refractivity contribution in [1.82, 2.24) is 19.7 Å². The van der Waals surface area contributed by atoms with Crippen LogP contribution in [-0.2, 0) is 0 Å². The number of rotatable bonds is 3. The Morgan fingerprint density at radius 2 is 2.06 bits per heavy atom. The molecule has 2 aromatic heterocycles. The van der Waals surface area contributed by atoms with E-state index >= 15 is 0 Å². The lowest BCUT2D eigenvalue weighted by atomic mass is 10.4. The molecular formula is C10H11ClN4O. The summed E-state index contributed by atoms with van der Waals surface area (Å²) in [5.41, 5.74) is 0. The molecule has 2 rings (SSSR count). The fourth-order valence-electron chi connectivity index (χ4n) is 1.14. The van der Waals surface area contributed by atoms with E-state index in [0.29, 0.717) is 5.75 Å². The first kappa shape index (κ1) is 10.9. The van der Waals surface area contributed by atoms with Crippen LogP contribution in [0.5, 0.6) is 11.6 Å². The van der Waals surface area contributed by atoms with Gasteiger partial charge in [-0.25, -0.2) is 9.97 Å². The van der Waals surface area contributed by atoms with Gasteiger partial charge in [0.15, 0.2) is 10.9 Å². The van der Waals surface area contributed by atoms with Gasteiger partial charge in [0.25, 0.3) is 5.88 Å². The topological polar surface area (TPSA) is 52.8 Å². The number of nitrogens with zero attached hydrogens (tertiary/aromatic N) is 4. The van der Waals surface area contributed by atoms with Crippen molar-refractivity contribution in [2.45, 2.75) is 19.9 Å². The molecule has 0 saturated heterocycles. The SMILES string of the molecule is CC(C)n1cc(Oc2nccnc2Cl)cn1. The van der Waals surface area contributed by atoms with Crippen LogP contribution in [0.2, 0.25) is 5.15 Å². The highest BCUT2D eigenvalue weighted by atomic mass is 35.5. The van der Waals surface area contributed by atoms with Gasteiger partial charge in [-0.2, -0.15) is 5.10 Å². The molecule has 5 nitrogen and oxygen atoms in total. The first-order valence-electron chi connectivity index (χ1n) is 4.85. The zero-order valence-corrected chi connectivity index (χ0v) is 9.72. The monoisotopic (exact) mass is 238 g/mol. The Hall–Kier alpha value is -1.62. The van der Waals surface area contributed by atoms with Gasteiger partial charge < -0.3 is 4.74 Å². The van der Waals surface area contributed by atoms with Crippen LogP contribution in [0.3, 0.4) is 0 Å². The molecule has 84 valence electrons. The third-order valence-corrected chi connectivity index (χ3v) is 2.20. The molecule has 0 saturated carbocycles. The van der Waals surface area contributed by atoms with E-state index in [0.717, 1.165) is 0 Å². The highest BCUT2D eigenvalue weighted by Gasteiger charge is 2.07. The molecule has 0 amide bonds. The highest BCUT2D eigenvalue weighted by molar-refractivity contribution is 6.30. The average molecular weight is 239 g/mol. The fourth-order valence-corrected chi connectivity index (χ4v) is 1.29. The van der Waals surface area contributed by atoms with Gasteiger partial charge in [0, 0.05) is 18.4 Å². The Morgan fingerprint density at radius 3 is 2.69 bits per heavy atom. The molecule has 0 N–H and O–H groups in total. The minimum absolute atomic E-state index is 0.236. The van der Waals surface area contributed by atoms with Gasteiger partial charge in [-0.15, -0.1) is 0 Å². The molecule has 0 spiro atoms. The molecule has 0 aliphatic rings. The lowest BCUT2D eigenvalue weighted by molar-refractivity contribution is 0.456. The predicted octanol–water partition coefficient (Wildman–Crippen LogP) is 2.70. The minimum Gasteiger partial charge on any atom is -0.433 e. The maximum atomic E-state index is 5.82. The van der Waals surface area contributed by atoms with Crippen molar-refractivity contribution < 1.29 is 4.74 Å². The summed E-state index contributed by atoms with van der Waals surface area (Å²) in [4.78, 5) is 7.84. The summed E-state index contributed by atoms with van der Waals surface area (Å²) in [6.45, 7) is 4.07. The van der Waals surface area contributed by atoms with Crippen molar-refractivity contribution in [3.63, 3.8) is 0 Å². The number of aromatic nitrogens is 4. The van der Waals surface area contributed by atoms with Gasteiger partial charge in [-0.3, -0.25) is 4.68 Å². The summed E-state index contributed by atoms with van der Waals surface area (Å²) in [5.74, 6) is 0.878. The van der Waals surface area contributed by atoms with E-state index in [1.807, 2.05) is 13.8 Å². The predicted molar refractivity (Wildman–Crippen MR) is 59.7 cm³/mol. The maximum absolute atomic E-state index is 5.82. The number of halogens is 1. The number of hydrogen-bond acceptors (Lipinski definition) is 4. The normalized spacial score (nSPS) is 10.8. The Balaban J connectivity index is 2.18. The molecule has 0 aromatic carbocycles. The molecule has 0 fully saturated rings. The summed E-state index contributed by atoms with van der Waals surface area (Å²) in [7, 11) is 0. The zero-order valence-electron chi connectivity index (χ0n) is 8.96. The van der Waals surface area contributed by atoms with Crippen LogP contribution in [0.1, 0.15) is 19.9 Å². The summed E-state index contributed by atoms with van der Waals surface area (Å²) < 4.78 is 7.24. The number of hydrogen-bond donors (Lipinski definition) is 0. The lowest BCUT2D eigenvalue weighted by Gasteiger charge is -2.04. The van der Waals surface area contributed by atoms with E-state index < -0.39 is 0 Å². The van der Waals surface area contributed by atoms with Crippen molar-refractivity contribution in [3.8, 4) is 11.6 Å². The van der Waals surface area contributed by atoms with Crippen LogP contribution >= 0.6 is 11.6 Å². The van der Waals surface area contributed by atoms with Gasteiger partial charge in [-0.05, 0) is 13.8 Å². The second-order valence-corrected chi connectivity index (χ2v) is 3.86. The first-order chi connectivity index (χ1) is 7.66. The van der Waals surface area contributed by atoms with Crippen LogP contribution in [-0.4, -0.2) is 19.7 Å². The zero-order chi connectivity index (χ0) is 11.5. The quantitative estimate of drug-likeness (QED) is 0.825. The molecule has 6 heteroatoms. The van der Waals surface area contributed by atoms with Gasteiger partial charge in [0.2, 0.25) is 0 Å². The van der Waals surface area contributed by atoms with Gasteiger partial charge >= 0.3 is 0 Å². The third-order valence-electron chi connectivity index (χ3n) is 1.94. The van der Waals surface area contributed by atoms with Crippen LogP contribution in [0.15, 0.2) is 24.8 Å². The molecule has 0 atom stereocenters. The Morgan fingerprint density at radius 1 is 1.31 bits per heavy atom. The molecule has 2 heterocycles. The molecular weight excluding hydrogens is 228 g/mol. The summed E-state index contributed by atoms with van der Waals surface area (Å²) in [6.07, 6.45) is 6.43. The Bertz CT molecular complexity index is 483. The first-order valence-corrected chi connectivity index (χ1v) is 5.23. The minimum atomic E-state index is 0.236. The molecule has 0 bridgehead atoms. The Labute approximate surface area is 98.0 Å². The average Bonchev–Trinajstić information content (AvgIpc) is 2.70. The van der Waals surface area contributed by atoms with Crippen molar-refractivity contribution in [2.24, 2.45) is 0 Å². The maximum Gasteiger partial charge on any atom is 0.257 e. The smallest absolute Gasteiger partial charge is 0.257 e. The lowest BCUT2D eigenvalue weighted by Crippen LogP contribution is -1.99. The second kappa shape index (κ2) is 4.49. The van der Waals surface area contributed by atoms with Crippen molar-refractivity contribution in [1.29, 1.82) is 0 Å². The van der Waals surface area contributed by atoms with E-state index in [2.05, 4.69) is 15.1 Å². The molecule has 0 radical (unpaired) electrons. The molecule has 0 aliphatic heterocycles. The molecule has 2 aromatic rings. The fraction of sp³-hybridized carbons (Fsp3) is 0.300. The second-order valence-electron chi connectivity index (χ2n) is 3.50. The molecule has 0 aliphatic carbocycles. The number of ether oxygens (including phenoxy) is 1. The van der Waals surface area contributed by atoms with E-state index in [4.69, 9.17) is 16.3 Å². The summed E-state index contributed by atoms with van der Waals surface area (Å²) in [6, 6.07) is 0.287. The van der Waals surface area contributed by atoms with Gasteiger partial charge in [-0.1, -0.05) is 11.6 Å². The largest absolute Gasteiger partial charge is 0.433 e. The van der Waals surface area contributed by atoms with Gasteiger partial charge in [0.1, 0.15) is 0 Å². The van der Waals surface area contributed by atoms with E-state index in [9.17, 15) is 0 Å². The van der Waals surface area contributed by atoms with E-state index in [-0.39, 0.29) is 17.1 Å². The summed E-state index contributed by atoms with van der Waals surface area (Å²) in [5, 5.41) is 4.38. The van der Waals surface area contributed by atoms with Crippen molar-refractivity contribution in [3.05, 3.63) is 29.9 Å². The van der Waals surface area contributed by atoms with Crippen molar-refractivity contribution >= 4 is 11.6 Å². The molecule has 0 unspecified atom stereocenters. The van der Waals surface area contributed by atoms with Crippen LogP contribution in [0.4, 0.5) is 0 Å². The van der Waals surface area contributed by atoms with E-state index in [1.165, 1.54) is 12.4 Å². The standard InChI is InChI=1S/C10H11ClN4O/c1-7(2)15-6-8(5-14-15)16-10-9(11)12-3-4-13-10/h3-7H,1-2H3. The Kier molecular flexibility index (Phi) is 3.05. The van der Waals surface area contributed by atoms with Crippen LogP contribution in [0.25, 0.3) is 0 Å². The highest BCUT2D eigenvalue weighted by Crippen LogP contribution is 2.24. The summed E-state index contributed by atoms with van der Waals surface area (Å²) >= 11 is 5.82. The van der Waals surface area contributed by atoms with Gasteiger partial charge in [0.05, 0.1) is 12.4 Å². The van der Waals surface area contributed by atoms with Crippen LogP contribution in [0, 0.1) is 0 Å². The molecule has 16 heavy (non-hydrogen) atoms. The van der Waals surface area contributed by atoms with Crippen LogP contribution < -0.4 is 4.74 Å². The van der Waals surface area contributed by atoms with E-state index in [1.54, 1.807) is 17.1 Å². The van der Waals surface area contributed by atoms with Crippen molar-refractivity contribution in [2.75, 3.05) is 0 Å².